The summed E-state index contributed by atoms with van der Waals surface area (Å²) in [7, 11) is 3.56. The third-order valence-electron chi connectivity index (χ3n) is 4.16. The summed E-state index contributed by atoms with van der Waals surface area (Å²) in [6, 6.07) is -0.199. The van der Waals surface area contributed by atoms with Crippen LogP contribution in [0, 0.1) is 0 Å². The van der Waals surface area contributed by atoms with Crippen LogP contribution in [0.15, 0.2) is 6.20 Å². The quantitative estimate of drug-likeness (QED) is 0.888. The van der Waals surface area contributed by atoms with E-state index in [2.05, 4.69) is 5.10 Å². The summed E-state index contributed by atoms with van der Waals surface area (Å²) in [6.07, 6.45) is 7.36. The van der Waals surface area contributed by atoms with Gasteiger partial charge in [0.2, 0.25) is 0 Å². The van der Waals surface area contributed by atoms with Crippen LogP contribution in [-0.2, 0) is 11.8 Å². The molecule has 19 heavy (non-hydrogen) atoms. The van der Waals surface area contributed by atoms with E-state index in [1.54, 1.807) is 18.0 Å². The average Bonchev–Trinajstić information content (AvgIpc) is 2.80. The molecule has 0 bridgehead atoms. The maximum atomic E-state index is 6.55. The van der Waals surface area contributed by atoms with Gasteiger partial charge in [-0.3, -0.25) is 4.68 Å². The van der Waals surface area contributed by atoms with Gasteiger partial charge in [0, 0.05) is 13.7 Å². The zero-order chi connectivity index (χ0) is 13.9. The Kier molecular flexibility index (Phi) is 4.47. The smallest absolute Gasteiger partial charge is 0.161 e. The molecular formula is C14H25N3O2. The molecule has 1 unspecified atom stereocenters. The van der Waals surface area contributed by atoms with Crippen molar-refractivity contribution >= 4 is 0 Å². The Labute approximate surface area is 115 Å². The van der Waals surface area contributed by atoms with E-state index < -0.39 is 0 Å². The predicted molar refractivity (Wildman–Crippen MR) is 74.1 cm³/mol. The predicted octanol–water partition coefficient (Wildman–Crippen LogP) is 2.17. The minimum atomic E-state index is -0.270. The van der Waals surface area contributed by atoms with Crippen molar-refractivity contribution in [1.29, 1.82) is 0 Å². The first-order valence-corrected chi connectivity index (χ1v) is 7.10. The highest BCUT2D eigenvalue weighted by molar-refractivity contribution is 5.30. The van der Waals surface area contributed by atoms with Crippen LogP contribution < -0.4 is 10.5 Å². The highest BCUT2D eigenvalue weighted by Gasteiger charge is 2.42. The van der Waals surface area contributed by atoms with Gasteiger partial charge >= 0.3 is 0 Å². The van der Waals surface area contributed by atoms with E-state index in [1.165, 1.54) is 19.3 Å². The number of hydrogen-bond acceptors (Lipinski definition) is 4. The summed E-state index contributed by atoms with van der Waals surface area (Å²) >= 11 is 0. The number of nitrogens with zero attached hydrogens (tertiary/aromatic N) is 2. The lowest BCUT2D eigenvalue weighted by molar-refractivity contribution is -0.0848. The maximum Gasteiger partial charge on any atom is 0.161 e. The third-order valence-corrected chi connectivity index (χ3v) is 4.16. The van der Waals surface area contributed by atoms with Gasteiger partial charge in [0.25, 0.3) is 0 Å². The molecular weight excluding hydrogens is 242 g/mol. The van der Waals surface area contributed by atoms with Crippen molar-refractivity contribution in [2.24, 2.45) is 12.8 Å². The van der Waals surface area contributed by atoms with Crippen molar-refractivity contribution < 1.29 is 9.47 Å². The van der Waals surface area contributed by atoms with E-state index in [9.17, 15) is 0 Å². The summed E-state index contributed by atoms with van der Waals surface area (Å²) in [5.41, 5.74) is 7.21. The fourth-order valence-electron chi connectivity index (χ4n) is 3.17. The molecule has 1 aliphatic carbocycles. The van der Waals surface area contributed by atoms with Gasteiger partial charge in [0.05, 0.1) is 30.6 Å². The molecule has 1 aromatic rings. The number of hydrogen-bond donors (Lipinski definition) is 1. The summed E-state index contributed by atoms with van der Waals surface area (Å²) in [6.45, 7) is 2.72. The summed E-state index contributed by atoms with van der Waals surface area (Å²) in [5, 5.41) is 4.25. The normalized spacial score (nSPS) is 20.2. The van der Waals surface area contributed by atoms with E-state index in [-0.39, 0.29) is 11.6 Å². The zero-order valence-corrected chi connectivity index (χ0v) is 12.2. The van der Waals surface area contributed by atoms with Crippen molar-refractivity contribution in [3.8, 4) is 5.75 Å². The Morgan fingerprint density at radius 2 is 2.11 bits per heavy atom. The second-order valence-electron chi connectivity index (χ2n) is 5.26. The van der Waals surface area contributed by atoms with Crippen LogP contribution in [0.1, 0.15) is 50.8 Å². The molecule has 0 aliphatic heterocycles. The molecule has 2 rings (SSSR count). The van der Waals surface area contributed by atoms with Crippen LogP contribution in [0.25, 0.3) is 0 Å². The molecule has 1 saturated carbocycles. The second kappa shape index (κ2) is 5.92. The number of ether oxygens (including phenoxy) is 2. The van der Waals surface area contributed by atoms with Crippen LogP contribution in [0.3, 0.4) is 0 Å². The Hall–Kier alpha value is -1.07. The fourth-order valence-corrected chi connectivity index (χ4v) is 3.17. The lowest BCUT2D eigenvalue weighted by Gasteiger charge is -2.41. The molecule has 0 spiro atoms. The highest BCUT2D eigenvalue weighted by Crippen LogP contribution is 2.42. The first kappa shape index (κ1) is 14.3. The SMILES string of the molecule is CCOC1(C(N)c2c(OC)cnn2C)CCCCC1. The van der Waals surface area contributed by atoms with Crippen LogP contribution in [0.5, 0.6) is 5.75 Å². The Balaban J connectivity index is 2.32. The maximum absolute atomic E-state index is 6.55. The average molecular weight is 267 g/mol. The Bertz CT molecular complexity index is 405. The topological polar surface area (TPSA) is 62.3 Å². The largest absolute Gasteiger partial charge is 0.493 e. The first-order valence-electron chi connectivity index (χ1n) is 7.10. The van der Waals surface area contributed by atoms with Crippen LogP contribution in [-0.4, -0.2) is 29.1 Å². The first-order chi connectivity index (χ1) is 9.14. The van der Waals surface area contributed by atoms with Gasteiger partial charge in [-0.25, -0.2) is 0 Å². The van der Waals surface area contributed by atoms with Crippen molar-refractivity contribution in [3.05, 3.63) is 11.9 Å². The minimum absolute atomic E-state index is 0.199. The number of methoxy groups -OCH3 is 1. The zero-order valence-electron chi connectivity index (χ0n) is 12.2. The molecule has 2 N–H and O–H groups in total. The summed E-state index contributed by atoms with van der Waals surface area (Å²) in [5.74, 6) is 0.750. The molecule has 0 radical (unpaired) electrons. The van der Waals surface area contributed by atoms with E-state index >= 15 is 0 Å². The van der Waals surface area contributed by atoms with Gasteiger partial charge in [-0.15, -0.1) is 0 Å². The Morgan fingerprint density at radius 1 is 1.42 bits per heavy atom. The molecule has 1 aromatic heterocycles. The van der Waals surface area contributed by atoms with Gasteiger partial charge in [-0.05, 0) is 19.8 Å². The van der Waals surface area contributed by atoms with E-state index in [0.29, 0.717) is 6.61 Å². The molecule has 1 atom stereocenters. The molecule has 108 valence electrons. The molecule has 0 amide bonds. The molecule has 1 aliphatic rings. The van der Waals surface area contributed by atoms with E-state index in [1.807, 2.05) is 14.0 Å². The van der Waals surface area contributed by atoms with Crippen LogP contribution >= 0.6 is 0 Å². The lowest BCUT2D eigenvalue weighted by Crippen LogP contribution is -2.46. The van der Waals surface area contributed by atoms with Crippen molar-refractivity contribution in [3.63, 3.8) is 0 Å². The highest BCUT2D eigenvalue weighted by atomic mass is 16.5. The van der Waals surface area contributed by atoms with E-state index in [0.717, 1.165) is 24.3 Å². The summed E-state index contributed by atoms with van der Waals surface area (Å²) in [4.78, 5) is 0. The van der Waals surface area contributed by atoms with Gasteiger partial charge in [0.1, 0.15) is 0 Å². The fraction of sp³-hybridized carbons (Fsp3) is 0.786. The van der Waals surface area contributed by atoms with Crippen molar-refractivity contribution in [1.82, 2.24) is 9.78 Å². The Morgan fingerprint density at radius 3 is 2.68 bits per heavy atom. The third kappa shape index (κ3) is 2.62. The number of aryl methyl sites for hydroxylation is 1. The summed E-state index contributed by atoms with van der Waals surface area (Å²) < 4.78 is 13.3. The van der Waals surface area contributed by atoms with Gasteiger partial charge in [-0.2, -0.15) is 5.10 Å². The van der Waals surface area contributed by atoms with Crippen LogP contribution in [0.2, 0.25) is 0 Å². The number of rotatable bonds is 5. The molecule has 5 heteroatoms. The molecule has 1 heterocycles. The molecule has 5 nitrogen and oxygen atoms in total. The lowest BCUT2D eigenvalue weighted by atomic mass is 9.78. The number of nitrogens with two attached hydrogens (primary N) is 1. The monoisotopic (exact) mass is 267 g/mol. The molecule has 1 fully saturated rings. The van der Waals surface area contributed by atoms with Gasteiger partial charge < -0.3 is 15.2 Å². The van der Waals surface area contributed by atoms with Crippen LogP contribution in [0.4, 0.5) is 0 Å². The van der Waals surface area contributed by atoms with Crippen molar-refractivity contribution in [2.75, 3.05) is 13.7 Å². The van der Waals surface area contributed by atoms with Gasteiger partial charge in [-0.1, -0.05) is 19.3 Å². The molecule has 0 saturated heterocycles. The number of aromatic nitrogens is 2. The van der Waals surface area contributed by atoms with Gasteiger partial charge in [0.15, 0.2) is 5.75 Å². The molecule has 0 aromatic carbocycles. The second-order valence-corrected chi connectivity index (χ2v) is 5.26. The van der Waals surface area contributed by atoms with E-state index in [4.69, 9.17) is 15.2 Å². The van der Waals surface area contributed by atoms with Crippen molar-refractivity contribution in [2.45, 2.75) is 50.7 Å². The minimum Gasteiger partial charge on any atom is -0.493 e. The standard InChI is InChI=1S/C14H25N3O2/c1-4-19-14(8-6-5-7-9-14)13(15)12-11(18-3)10-16-17(12)2/h10,13H,4-9,15H2,1-3H3.